The van der Waals surface area contributed by atoms with Gasteiger partial charge in [-0.3, -0.25) is 25.8 Å². The lowest BCUT2D eigenvalue weighted by atomic mass is 10.2. The van der Waals surface area contributed by atoms with Crippen molar-refractivity contribution in [1.82, 2.24) is 16.2 Å². The van der Waals surface area contributed by atoms with Crippen LogP contribution in [0.15, 0.2) is 42.5 Å². The van der Waals surface area contributed by atoms with Crippen LogP contribution >= 0.6 is 34.8 Å². The molecule has 0 saturated carbocycles. The van der Waals surface area contributed by atoms with E-state index in [4.69, 9.17) is 21.7 Å². The van der Waals surface area contributed by atoms with Crippen LogP contribution in [0.4, 0.5) is 0 Å². The standard InChI is InChI=1S/C20H22IN3O4S/c1-12(2)11-28-16-7-5-4-6-14(16)19(26)22-20(29)24-23-18(25)13-8-9-17(27-3)15(21)10-13/h4-10,12H,11H2,1-3H3,(H,23,25)(H2,22,24,26,29). The number of carbonyl (C=O) groups is 2. The van der Waals surface area contributed by atoms with Crippen LogP contribution in [0.25, 0.3) is 0 Å². The number of para-hydroxylation sites is 1. The van der Waals surface area contributed by atoms with Crippen molar-refractivity contribution in [3.63, 3.8) is 0 Å². The first kappa shape index (κ1) is 22.9. The SMILES string of the molecule is COc1ccc(C(=O)NNC(=S)NC(=O)c2ccccc2OCC(C)C)cc1I. The van der Waals surface area contributed by atoms with E-state index in [9.17, 15) is 9.59 Å². The van der Waals surface area contributed by atoms with Gasteiger partial charge >= 0.3 is 0 Å². The molecule has 0 aliphatic heterocycles. The molecule has 2 rings (SSSR count). The van der Waals surface area contributed by atoms with Crippen LogP contribution < -0.4 is 25.6 Å². The fourth-order valence-corrected chi connectivity index (χ4v) is 3.11. The lowest BCUT2D eigenvalue weighted by Crippen LogP contribution is -2.48. The number of hydrogen-bond acceptors (Lipinski definition) is 5. The minimum atomic E-state index is -0.435. The van der Waals surface area contributed by atoms with Crippen molar-refractivity contribution in [2.24, 2.45) is 5.92 Å². The summed E-state index contributed by atoms with van der Waals surface area (Å²) in [5.41, 5.74) is 5.76. The van der Waals surface area contributed by atoms with Crippen LogP contribution in [0.1, 0.15) is 34.6 Å². The van der Waals surface area contributed by atoms with Gasteiger partial charge in [0.15, 0.2) is 5.11 Å². The van der Waals surface area contributed by atoms with Crippen LogP contribution in [-0.2, 0) is 0 Å². The summed E-state index contributed by atoms with van der Waals surface area (Å²) in [6, 6.07) is 11.9. The molecule has 2 aromatic carbocycles. The van der Waals surface area contributed by atoms with E-state index >= 15 is 0 Å². The number of benzene rings is 2. The third-order valence-corrected chi connectivity index (χ3v) is 4.68. The molecule has 0 fully saturated rings. The van der Waals surface area contributed by atoms with Crippen molar-refractivity contribution < 1.29 is 19.1 Å². The Morgan fingerprint density at radius 3 is 2.45 bits per heavy atom. The zero-order valence-corrected chi connectivity index (χ0v) is 19.2. The predicted octanol–water partition coefficient (Wildman–Crippen LogP) is 3.28. The van der Waals surface area contributed by atoms with E-state index in [0.717, 1.165) is 3.57 Å². The largest absolute Gasteiger partial charge is 0.496 e. The molecule has 0 saturated heterocycles. The van der Waals surface area contributed by atoms with Crippen molar-refractivity contribution in [2.75, 3.05) is 13.7 Å². The van der Waals surface area contributed by atoms with Gasteiger partial charge in [0.1, 0.15) is 11.5 Å². The molecule has 0 radical (unpaired) electrons. The number of halogens is 1. The second-order valence-electron chi connectivity index (χ2n) is 6.41. The zero-order chi connectivity index (χ0) is 21.4. The van der Waals surface area contributed by atoms with Gasteiger partial charge in [0.05, 0.1) is 22.9 Å². The number of hydrazine groups is 1. The van der Waals surface area contributed by atoms with Gasteiger partial charge < -0.3 is 9.47 Å². The average molecular weight is 527 g/mol. The van der Waals surface area contributed by atoms with E-state index in [2.05, 4.69) is 38.8 Å². The molecule has 0 unspecified atom stereocenters. The Hall–Kier alpha value is -2.40. The monoisotopic (exact) mass is 527 g/mol. The van der Waals surface area contributed by atoms with E-state index in [-0.39, 0.29) is 5.11 Å². The highest BCUT2D eigenvalue weighted by molar-refractivity contribution is 14.1. The van der Waals surface area contributed by atoms with Crippen molar-refractivity contribution in [1.29, 1.82) is 0 Å². The number of rotatable bonds is 6. The molecular weight excluding hydrogens is 505 g/mol. The average Bonchev–Trinajstić information content (AvgIpc) is 2.70. The van der Waals surface area contributed by atoms with E-state index in [1.165, 1.54) is 0 Å². The Morgan fingerprint density at radius 2 is 1.79 bits per heavy atom. The molecule has 0 aliphatic carbocycles. The van der Waals surface area contributed by atoms with Crippen LogP contribution in [0.2, 0.25) is 0 Å². The number of methoxy groups -OCH3 is 1. The first-order chi connectivity index (χ1) is 13.8. The normalized spacial score (nSPS) is 10.2. The number of ether oxygens (including phenoxy) is 2. The van der Waals surface area contributed by atoms with E-state index in [1.807, 2.05) is 13.8 Å². The van der Waals surface area contributed by atoms with Gasteiger partial charge in [-0.25, -0.2) is 0 Å². The Labute approximate surface area is 188 Å². The van der Waals surface area contributed by atoms with E-state index in [0.29, 0.717) is 35.2 Å². The summed E-state index contributed by atoms with van der Waals surface area (Å²) in [6.07, 6.45) is 0. The fourth-order valence-electron chi connectivity index (χ4n) is 2.23. The Balaban J connectivity index is 1.93. The summed E-state index contributed by atoms with van der Waals surface area (Å²) in [5.74, 6) is 0.637. The molecule has 0 spiro atoms. The number of nitrogens with one attached hydrogen (secondary N) is 3. The molecule has 7 nitrogen and oxygen atoms in total. The Morgan fingerprint density at radius 1 is 1.07 bits per heavy atom. The van der Waals surface area contributed by atoms with Crippen LogP contribution in [0, 0.1) is 9.49 Å². The summed E-state index contributed by atoms with van der Waals surface area (Å²) < 4.78 is 11.7. The lowest BCUT2D eigenvalue weighted by Gasteiger charge is -2.14. The van der Waals surface area contributed by atoms with Crippen molar-refractivity contribution in [3.8, 4) is 11.5 Å². The van der Waals surface area contributed by atoms with Crippen LogP contribution in [0.3, 0.4) is 0 Å². The third-order valence-electron chi connectivity index (χ3n) is 3.63. The van der Waals surface area contributed by atoms with Crippen LogP contribution in [-0.4, -0.2) is 30.6 Å². The molecule has 0 aliphatic rings. The minimum absolute atomic E-state index is 0.0368. The molecule has 2 amide bonds. The Kier molecular flexibility index (Phi) is 8.65. The summed E-state index contributed by atoms with van der Waals surface area (Å²) in [5, 5.41) is 2.49. The lowest BCUT2D eigenvalue weighted by molar-refractivity contribution is 0.0933. The first-order valence-electron chi connectivity index (χ1n) is 8.78. The number of hydrogen-bond donors (Lipinski definition) is 3. The van der Waals surface area contributed by atoms with Gasteiger partial charge in [0, 0.05) is 5.56 Å². The molecule has 3 N–H and O–H groups in total. The van der Waals surface area contributed by atoms with Crippen molar-refractivity contribution in [2.45, 2.75) is 13.8 Å². The molecule has 9 heteroatoms. The maximum Gasteiger partial charge on any atom is 0.269 e. The summed E-state index contributed by atoms with van der Waals surface area (Å²) in [6.45, 7) is 4.53. The number of thiocarbonyl (C=S) groups is 1. The molecule has 2 aromatic rings. The maximum absolute atomic E-state index is 12.5. The van der Waals surface area contributed by atoms with Gasteiger partial charge in [-0.05, 0) is 71.1 Å². The van der Waals surface area contributed by atoms with Crippen molar-refractivity contribution >= 4 is 51.7 Å². The molecule has 154 valence electrons. The Bertz CT molecular complexity index is 905. The highest BCUT2D eigenvalue weighted by atomic mass is 127. The second kappa shape index (κ2) is 11.0. The van der Waals surface area contributed by atoms with Crippen LogP contribution in [0.5, 0.6) is 11.5 Å². The molecule has 29 heavy (non-hydrogen) atoms. The number of carbonyl (C=O) groups excluding carboxylic acids is 2. The molecule has 0 atom stereocenters. The van der Waals surface area contributed by atoms with Gasteiger partial charge in [-0.1, -0.05) is 26.0 Å². The highest BCUT2D eigenvalue weighted by Crippen LogP contribution is 2.21. The summed E-state index contributed by atoms with van der Waals surface area (Å²) in [7, 11) is 1.56. The quantitative estimate of drug-likeness (QED) is 0.304. The van der Waals surface area contributed by atoms with Gasteiger partial charge in [-0.15, -0.1) is 0 Å². The number of amides is 2. The second-order valence-corrected chi connectivity index (χ2v) is 7.98. The topological polar surface area (TPSA) is 88.7 Å². The molecule has 0 heterocycles. The van der Waals surface area contributed by atoms with E-state index < -0.39 is 11.8 Å². The van der Waals surface area contributed by atoms with Gasteiger partial charge in [-0.2, -0.15) is 0 Å². The molecule has 0 bridgehead atoms. The smallest absolute Gasteiger partial charge is 0.269 e. The summed E-state index contributed by atoms with van der Waals surface area (Å²) in [4.78, 5) is 24.8. The third kappa shape index (κ3) is 6.86. The minimum Gasteiger partial charge on any atom is -0.496 e. The zero-order valence-electron chi connectivity index (χ0n) is 16.2. The predicted molar refractivity (Wildman–Crippen MR) is 123 cm³/mol. The molecular formula is C20H22IN3O4S. The highest BCUT2D eigenvalue weighted by Gasteiger charge is 2.15. The summed E-state index contributed by atoms with van der Waals surface area (Å²) >= 11 is 7.17. The fraction of sp³-hybridized carbons (Fsp3) is 0.250. The van der Waals surface area contributed by atoms with Crippen molar-refractivity contribution in [3.05, 3.63) is 57.2 Å². The maximum atomic E-state index is 12.5. The molecule has 0 aromatic heterocycles. The van der Waals surface area contributed by atoms with E-state index in [1.54, 1.807) is 49.6 Å². The first-order valence-corrected chi connectivity index (χ1v) is 10.3. The van der Waals surface area contributed by atoms with Gasteiger partial charge in [0.2, 0.25) is 0 Å². The van der Waals surface area contributed by atoms with Gasteiger partial charge in [0.25, 0.3) is 11.8 Å².